The molecule has 1 saturated carbocycles. The molecule has 0 aromatic heterocycles. The Labute approximate surface area is 146 Å². The van der Waals surface area contributed by atoms with Gasteiger partial charge < -0.3 is 10.1 Å². The van der Waals surface area contributed by atoms with Crippen LogP contribution in [-0.2, 0) is 10.2 Å². The fourth-order valence-corrected chi connectivity index (χ4v) is 3.49. The van der Waals surface area contributed by atoms with Crippen LogP contribution in [0.15, 0.2) is 42.5 Å². The highest BCUT2D eigenvalue weighted by atomic mass is 19.1. The molecule has 0 radical (unpaired) electrons. The summed E-state index contributed by atoms with van der Waals surface area (Å²) < 4.78 is 18.4. The normalized spacial score (nSPS) is 15.4. The van der Waals surface area contributed by atoms with Crippen LogP contribution in [0.3, 0.4) is 0 Å². The van der Waals surface area contributed by atoms with Crippen molar-refractivity contribution in [3.05, 3.63) is 59.4 Å². The first-order valence-corrected chi connectivity index (χ1v) is 8.25. The summed E-state index contributed by atoms with van der Waals surface area (Å²) in [5, 5.41) is 12.2. The molecule has 128 valence electrons. The van der Waals surface area contributed by atoms with Crippen molar-refractivity contribution in [2.45, 2.75) is 31.1 Å². The Morgan fingerprint density at radius 3 is 2.48 bits per heavy atom. The predicted octanol–water partition coefficient (Wildman–Crippen LogP) is 4.16. The van der Waals surface area contributed by atoms with Crippen LogP contribution in [0.2, 0.25) is 0 Å². The van der Waals surface area contributed by atoms with E-state index in [0.29, 0.717) is 29.8 Å². The second kappa shape index (κ2) is 6.94. The van der Waals surface area contributed by atoms with Crippen molar-refractivity contribution in [2.75, 3.05) is 12.4 Å². The summed E-state index contributed by atoms with van der Waals surface area (Å²) in [6.07, 6.45) is 3.31. The van der Waals surface area contributed by atoms with E-state index in [4.69, 9.17) is 4.74 Å². The zero-order valence-corrected chi connectivity index (χ0v) is 14.0. The van der Waals surface area contributed by atoms with Gasteiger partial charge in [0.15, 0.2) is 0 Å². The summed E-state index contributed by atoms with van der Waals surface area (Å²) in [4.78, 5) is 13.1. The van der Waals surface area contributed by atoms with Crippen molar-refractivity contribution in [2.24, 2.45) is 0 Å². The number of hydrogen-bond acceptors (Lipinski definition) is 3. The molecule has 0 aliphatic heterocycles. The molecule has 3 rings (SSSR count). The lowest BCUT2D eigenvalue weighted by Crippen LogP contribution is -2.38. The van der Waals surface area contributed by atoms with Crippen molar-refractivity contribution in [1.29, 1.82) is 5.26 Å². The summed E-state index contributed by atoms with van der Waals surface area (Å²) in [5.74, 6) is 0.0844. The highest BCUT2D eigenvalue weighted by Crippen LogP contribution is 2.42. The minimum atomic E-state index is -0.680. The minimum absolute atomic E-state index is 0.154. The lowest BCUT2D eigenvalue weighted by Gasteiger charge is -2.28. The molecule has 4 nitrogen and oxygen atoms in total. The van der Waals surface area contributed by atoms with Gasteiger partial charge in [-0.2, -0.15) is 5.26 Å². The molecule has 25 heavy (non-hydrogen) atoms. The van der Waals surface area contributed by atoms with E-state index in [1.807, 2.05) is 0 Å². The number of amides is 1. The number of benzene rings is 2. The Morgan fingerprint density at radius 1 is 1.20 bits per heavy atom. The van der Waals surface area contributed by atoms with Gasteiger partial charge in [-0.1, -0.05) is 25.0 Å². The topological polar surface area (TPSA) is 62.1 Å². The van der Waals surface area contributed by atoms with Gasteiger partial charge in [-0.25, -0.2) is 4.39 Å². The third kappa shape index (κ3) is 3.20. The number of rotatable bonds is 4. The number of methoxy groups -OCH3 is 1. The van der Waals surface area contributed by atoms with E-state index in [1.165, 1.54) is 19.2 Å². The lowest BCUT2D eigenvalue weighted by atomic mass is 9.78. The maximum Gasteiger partial charge on any atom is 0.235 e. The molecule has 1 aliphatic rings. The van der Waals surface area contributed by atoms with Crippen molar-refractivity contribution in [3.8, 4) is 11.8 Å². The van der Waals surface area contributed by atoms with E-state index >= 15 is 0 Å². The number of ether oxygens (including phenoxy) is 1. The molecule has 0 bridgehead atoms. The fourth-order valence-electron chi connectivity index (χ4n) is 3.49. The van der Waals surface area contributed by atoms with Gasteiger partial charge in [0.05, 0.1) is 23.8 Å². The molecule has 0 spiro atoms. The molecule has 0 atom stereocenters. The zero-order valence-electron chi connectivity index (χ0n) is 14.0. The van der Waals surface area contributed by atoms with Gasteiger partial charge in [0.25, 0.3) is 0 Å². The lowest BCUT2D eigenvalue weighted by molar-refractivity contribution is -0.121. The zero-order chi connectivity index (χ0) is 17.9. The molecule has 1 aliphatic carbocycles. The monoisotopic (exact) mass is 338 g/mol. The first-order chi connectivity index (χ1) is 12.1. The van der Waals surface area contributed by atoms with Crippen molar-refractivity contribution in [3.63, 3.8) is 0 Å². The van der Waals surface area contributed by atoms with E-state index in [0.717, 1.165) is 18.4 Å². The first kappa shape index (κ1) is 17.0. The van der Waals surface area contributed by atoms with Gasteiger partial charge in [0.1, 0.15) is 17.6 Å². The molecule has 5 heteroatoms. The minimum Gasteiger partial charge on any atom is -0.497 e. The molecular weight excluding hydrogens is 319 g/mol. The molecular formula is C20H19FN2O2. The number of halogens is 1. The summed E-state index contributed by atoms with van der Waals surface area (Å²) in [6.45, 7) is 0. The van der Waals surface area contributed by atoms with Crippen LogP contribution in [0.1, 0.15) is 36.8 Å². The Kier molecular flexibility index (Phi) is 4.71. The summed E-state index contributed by atoms with van der Waals surface area (Å²) in [6, 6.07) is 13.2. The average molecular weight is 338 g/mol. The van der Waals surface area contributed by atoms with Gasteiger partial charge in [-0.3, -0.25) is 4.79 Å². The number of nitrogens with zero attached hydrogens (tertiary/aromatic N) is 1. The van der Waals surface area contributed by atoms with Gasteiger partial charge in [0.2, 0.25) is 5.91 Å². The van der Waals surface area contributed by atoms with Crippen molar-refractivity contribution in [1.82, 2.24) is 0 Å². The maximum atomic E-state index is 13.3. The van der Waals surface area contributed by atoms with Gasteiger partial charge >= 0.3 is 0 Å². The van der Waals surface area contributed by atoms with Gasteiger partial charge in [-0.05, 0) is 48.7 Å². The van der Waals surface area contributed by atoms with Crippen LogP contribution in [0.25, 0.3) is 0 Å². The molecule has 0 heterocycles. The Balaban J connectivity index is 1.93. The van der Waals surface area contributed by atoms with E-state index in [9.17, 15) is 14.4 Å². The molecule has 2 aromatic rings. The largest absolute Gasteiger partial charge is 0.497 e. The smallest absolute Gasteiger partial charge is 0.235 e. The van der Waals surface area contributed by atoms with E-state index in [2.05, 4.69) is 11.4 Å². The Morgan fingerprint density at radius 2 is 1.88 bits per heavy atom. The third-order valence-corrected chi connectivity index (χ3v) is 4.88. The van der Waals surface area contributed by atoms with Crippen LogP contribution in [0.4, 0.5) is 10.1 Å². The number of hydrogen-bond donors (Lipinski definition) is 1. The van der Waals surface area contributed by atoms with Crippen LogP contribution >= 0.6 is 0 Å². The highest BCUT2D eigenvalue weighted by molar-refractivity contribution is 6.00. The molecule has 1 fully saturated rings. The maximum absolute atomic E-state index is 13.3. The Hall–Kier alpha value is -2.87. The molecule has 0 unspecified atom stereocenters. The van der Waals surface area contributed by atoms with E-state index < -0.39 is 5.41 Å². The number of carbonyl (C=O) groups excluding carboxylic acids is 1. The number of nitriles is 1. The van der Waals surface area contributed by atoms with Crippen LogP contribution in [0, 0.1) is 17.1 Å². The second-order valence-corrected chi connectivity index (χ2v) is 6.27. The molecule has 2 aromatic carbocycles. The Bertz CT molecular complexity index is 819. The summed E-state index contributed by atoms with van der Waals surface area (Å²) in [5.41, 5.74) is 0.943. The van der Waals surface area contributed by atoms with Crippen molar-refractivity contribution >= 4 is 11.6 Å². The predicted molar refractivity (Wildman–Crippen MR) is 92.9 cm³/mol. The number of carbonyl (C=O) groups is 1. The second-order valence-electron chi connectivity index (χ2n) is 6.27. The highest BCUT2D eigenvalue weighted by Gasteiger charge is 2.42. The standard InChI is InChI=1S/C20H19FN2O2/c1-25-17-8-9-18(14(12-17)13-22)23-19(24)20(10-2-3-11-20)15-4-6-16(21)7-5-15/h4-9,12H,2-3,10-11H2,1H3,(H,23,24). The van der Waals surface area contributed by atoms with E-state index in [1.54, 1.807) is 30.3 Å². The van der Waals surface area contributed by atoms with E-state index in [-0.39, 0.29) is 11.7 Å². The van der Waals surface area contributed by atoms with Gasteiger partial charge in [0, 0.05) is 0 Å². The molecule has 1 N–H and O–H groups in total. The van der Waals surface area contributed by atoms with Gasteiger partial charge in [-0.15, -0.1) is 0 Å². The third-order valence-electron chi connectivity index (χ3n) is 4.88. The SMILES string of the molecule is COc1ccc(NC(=O)C2(c3ccc(F)cc3)CCCC2)c(C#N)c1. The fraction of sp³-hybridized carbons (Fsp3) is 0.300. The number of nitrogens with one attached hydrogen (secondary N) is 1. The molecule has 1 amide bonds. The molecule has 0 saturated heterocycles. The number of anilines is 1. The first-order valence-electron chi connectivity index (χ1n) is 8.25. The quantitative estimate of drug-likeness (QED) is 0.910. The summed E-state index contributed by atoms with van der Waals surface area (Å²) in [7, 11) is 1.52. The van der Waals surface area contributed by atoms with Crippen LogP contribution < -0.4 is 10.1 Å². The van der Waals surface area contributed by atoms with Crippen LogP contribution in [-0.4, -0.2) is 13.0 Å². The van der Waals surface area contributed by atoms with Crippen molar-refractivity contribution < 1.29 is 13.9 Å². The average Bonchev–Trinajstić information content (AvgIpc) is 3.13. The van der Waals surface area contributed by atoms with Crippen LogP contribution in [0.5, 0.6) is 5.75 Å². The summed E-state index contributed by atoms with van der Waals surface area (Å²) >= 11 is 0.